The minimum absolute atomic E-state index is 0.0477. The van der Waals surface area contributed by atoms with Gasteiger partial charge in [-0.2, -0.15) is 13.2 Å². The van der Waals surface area contributed by atoms with Crippen molar-refractivity contribution >= 4 is 15.7 Å². The fourth-order valence-corrected chi connectivity index (χ4v) is 4.97. The molecule has 1 atom stereocenters. The number of hydrogen-bond donors (Lipinski definition) is 0. The van der Waals surface area contributed by atoms with Gasteiger partial charge in [-0.15, -0.1) is 0 Å². The summed E-state index contributed by atoms with van der Waals surface area (Å²) < 4.78 is 63.7. The van der Waals surface area contributed by atoms with E-state index in [9.17, 15) is 26.4 Å². The monoisotopic (exact) mass is 397 g/mol. The molecule has 0 spiro atoms. The first-order valence-corrected chi connectivity index (χ1v) is 10.2. The topological polar surface area (TPSA) is 54.5 Å². The number of amides is 1. The lowest BCUT2D eigenvalue weighted by Crippen LogP contribution is -2.41. The molecule has 1 fully saturated rings. The molecule has 3 rings (SSSR count). The highest BCUT2D eigenvalue weighted by Gasteiger charge is 2.39. The second kappa shape index (κ2) is 7.34. The van der Waals surface area contributed by atoms with Crippen molar-refractivity contribution in [2.75, 3.05) is 11.5 Å². The molecule has 4 nitrogen and oxygen atoms in total. The Morgan fingerprint density at radius 1 is 1.04 bits per heavy atom. The van der Waals surface area contributed by atoms with Gasteiger partial charge in [-0.3, -0.25) is 4.79 Å². The normalized spacial score (nSPS) is 19.0. The summed E-state index contributed by atoms with van der Waals surface area (Å²) in [6, 6.07) is 12.7. The third kappa shape index (κ3) is 4.50. The molecule has 27 heavy (non-hydrogen) atoms. The third-order valence-electron chi connectivity index (χ3n) is 4.57. The van der Waals surface area contributed by atoms with Crippen LogP contribution in [0.2, 0.25) is 0 Å². The molecule has 144 valence electrons. The summed E-state index contributed by atoms with van der Waals surface area (Å²) in [6.07, 6.45) is -4.46. The van der Waals surface area contributed by atoms with Crippen LogP contribution in [0.3, 0.4) is 0 Å². The molecule has 1 saturated heterocycles. The molecule has 0 aliphatic carbocycles. The minimum Gasteiger partial charge on any atom is -0.330 e. The molecule has 2 aromatic rings. The van der Waals surface area contributed by atoms with Crippen molar-refractivity contribution in [3.63, 3.8) is 0 Å². The lowest BCUT2D eigenvalue weighted by atomic mass is 10.0. The Bertz CT molecular complexity index is 927. The van der Waals surface area contributed by atoms with Crippen LogP contribution < -0.4 is 0 Å². The Hall–Kier alpha value is -2.35. The number of carbonyl (C=O) groups is 1. The van der Waals surface area contributed by atoms with Crippen LogP contribution >= 0.6 is 0 Å². The first-order chi connectivity index (χ1) is 12.7. The minimum atomic E-state index is -4.67. The molecule has 0 saturated carbocycles. The molecule has 0 aromatic heterocycles. The lowest BCUT2D eigenvalue weighted by molar-refractivity contribution is -0.138. The number of nitrogens with zero attached hydrogens (tertiary/aromatic N) is 1. The van der Waals surface area contributed by atoms with E-state index in [-0.39, 0.29) is 24.5 Å². The highest BCUT2D eigenvalue weighted by atomic mass is 32.2. The molecule has 0 N–H and O–H groups in total. The number of alkyl halides is 3. The Morgan fingerprint density at radius 3 is 2.26 bits per heavy atom. The summed E-state index contributed by atoms with van der Waals surface area (Å²) in [5.74, 6) is -1.12. The third-order valence-corrected chi connectivity index (χ3v) is 6.32. The van der Waals surface area contributed by atoms with Crippen molar-refractivity contribution < 1.29 is 26.4 Å². The van der Waals surface area contributed by atoms with Gasteiger partial charge in [-0.05, 0) is 24.1 Å². The zero-order valence-corrected chi connectivity index (χ0v) is 15.1. The van der Waals surface area contributed by atoms with E-state index in [1.165, 1.54) is 17.0 Å². The molecule has 2 aromatic carbocycles. The smallest absolute Gasteiger partial charge is 0.330 e. The fraction of sp³-hybridized carbons (Fsp3) is 0.316. The first kappa shape index (κ1) is 19.4. The highest BCUT2D eigenvalue weighted by molar-refractivity contribution is 7.91. The van der Waals surface area contributed by atoms with E-state index in [0.717, 1.165) is 17.7 Å². The second-order valence-electron chi connectivity index (χ2n) is 6.52. The average molecular weight is 397 g/mol. The summed E-state index contributed by atoms with van der Waals surface area (Å²) in [5.41, 5.74) is -0.765. The van der Waals surface area contributed by atoms with Gasteiger partial charge in [-0.25, -0.2) is 8.42 Å². The van der Waals surface area contributed by atoms with Gasteiger partial charge in [-0.1, -0.05) is 42.5 Å². The standard InChI is InChI=1S/C19H18F3NO3S/c20-19(21,22)17-9-5-4-8-16(17)18(24)23(12-14-6-2-1-3-7-14)15-10-11-27(25,26)13-15/h1-9,15H,10-13H2/t15-/m0/s1. The largest absolute Gasteiger partial charge is 0.417 e. The number of hydrogen-bond acceptors (Lipinski definition) is 3. The van der Waals surface area contributed by atoms with Gasteiger partial charge in [0.1, 0.15) is 0 Å². The maximum Gasteiger partial charge on any atom is 0.417 e. The maximum atomic E-state index is 13.3. The molecule has 1 heterocycles. The van der Waals surface area contributed by atoms with E-state index in [0.29, 0.717) is 0 Å². The van der Waals surface area contributed by atoms with Crippen LogP contribution in [0.25, 0.3) is 0 Å². The number of carbonyl (C=O) groups excluding carboxylic acids is 1. The molecule has 0 unspecified atom stereocenters. The van der Waals surface area contributed by atoms with Crippen LogP contribution in [0.1, 0.15) is 27.9 Å². The van der Waals surface area contributed by atoms with Crippen molar-refractivity contribution in [3.8, 4) is 0 Å². The van der Waals surface area contributed by atoms with Gasteiger partial charge in [0.05, 0.1) is 22.6 Å². The number of sulfone groups is 1. The van der Waals surface area contributed by atoms with Gasteiger partial charge in [0.2, 0.25) is 0 Å². The molecular weight excluding hydrogens is 379 g/mol. The Labute approximate surface area is 155 Å². The van der Waals surface area contributed by atoms with Gasteiger partial charge < -0.3 is 4.90 Å². The van der Waals surface area contributed by atoms with E-state index < -0.39 is 39.1 Å². The van der Waals surface area contributed by atoms with Crippen LogP contribution in [0.4, 0.5) is 13.2 Å². The van der Waals surface area contributed by atoms with E-state index in [4.69, 9.17) is 0 Å². The highest BCUT2D eigenvalue weighted by Crippen LogP contribution is 2.33. The molecule has 1 aliphatic heterocycles. The number of rotatable bonds is 4. The predicted octanol–water partition coefficient (Wildman–Crippen LogP) is 3.53. The molecule has 0 radical (unpaired) electrons. The SMILES string of the molecule is O=C(c1ccccc1C(F)(F)F)N(Cc1ccccc1)[C@H]1CCS(=O)(=O)C1. The summed E-state index contributed by atoms with van der Waals surface area (Å²) in [6.45, 7) is 0.0477. The second-order valence-corrected chi connectivity index (χ2v) is 8.75. The average Bonchev–Trinajstić information content (AvgIpc) is 2.99. The van der Waals surface area contributed by atoms with Crippen LogP contribution in [0.15, 0.2) is 54.6 Å². The van der Waals surface area contributed by atoms with E-state index in [1.54, 1.807) is 30.3 Å². The molecule has 8 heteroatoms. The van der Waals surface area contributed by atoms with Gasteiger partial charge in [0.15, 0.2) is 9.84 Å². The summed E-state index contributed by atoms with van der Waals surface area (Å²) in [4.78, 5) is 14.3. The first-order valence-electron chi connectivity index (χ1n) is 8.39. The van der Waals surface area contributed by atoms with Gasteiger partial charge >= 0.3 is 6.18 Å². The van der Waals surface area contributed by atoms with Crippen molar-refractivity contribution in [2.24, 2.45) is 0 Å². The van der Waals surface area contributed by atoms with Crippen molar-refractivity contribution in [1.82, 2.24) is 4.90 Å². The quantitative estimate of drug-likeness (QED) is 0.793. The molecule has 1 amide bonds. The van der Waals surface area contributed by atoms with E-state index in [1.807, 2.05) is 0 Å². The Kier molecular flexibility index (Phi) is 5.28. The van der Waals surface area contributed by atoms with Crippen molar-refractivity contribution in [3.05, 3.63) is 71.3 Å². The van der Waals surface area contributed by atoms with Crippen LogP contribution in [-0.4, -0.2) is 36.8 Å². The molecule has 1 aliphatic rings. The maximum absolute atomic E-state index is 13.3. The fourth-order valence-electron chi connectivity index (χ4n) is 3.24. The summed E-state index contributed by atoms with van der Waals surface area (Å²) in [7, 11) is -3.30. The summed E-state index contributed by atoms with van der Waals surface area (Å²) in [5, 5.41) is 0. The number of benzene rings is 2. The van der Waals surface area contributed by atoms with Crippen molar-refractivity contribution in [2.45, 2.75) is 25.2 Å². The predicted molar refractivity (Wildman–Crippen MR) is 94.8 cm³/mol. The molecular formula is C19H18F3NO3S. The number of halogens is 3. The van der Waals surface area contributed by atoms with E-state index >= 15 is 0 Å². The Balaban J connectivity index is 1.99. The molecule has 0 bridgehead atoms. The summed E-state index contributed by atoms with van der Waals surface area (Å²) >= 11 is 0. The lowest BCUT2D eigenvalue weighted by Gasteiger charge is -2.29. The van der Waals surface area contributed by atoms with Crippen molar-refractivity contribution in [1.29, 1.82) is 0 Å². The Morgan fingerprint density at radius 2 is 1.67 bits per heavy atom. The van der Waals surface area contributed by atoms with Crippen LogP contribution in [0.5, 0.6) is 0 Å². The van der Waals surface area contributed by atoms with Crippen LogP contribution in [-0.2, 0) is 22.6 Å². The van der Waals surface area contributed by atoms with Gasteiger partial charge in [0.25, 0.3) is 5.91 Å². The zero-order chi connectivity index (χ0) is 19.7. The van der Waals surface area contributed by atoms with E-state index in [2.05, 4.69) is 0 Å². The zero-order valence-electron chi connectivity index (χ0n) is 14.3. The van der Waals surface area contributed by atoms with Gasteiger partial charge in [0, 0.05) is 12.6 Å². The van der Waals surface area contributed by atoms with Crippen LogP contribution in [0, 0.1) is 0 Å².